The van der Waals surface area contributed by atoms with E-state index in [-0.39, 0.29) is 17.8 Å². The highest BCUT2D eigenvalue weighted by Crippen LogP contribution is 2.20. The van der Waals surface area contributed by atoms with Crippen molar-refractivity contribution in [1.29, 1.82) is 0 Å². The molecule has 0 aliphatic rings. The Labute approximate surface area is 96.8 Å². The molecule has 1 aromatic carbocycles. The fraction of sp³-hybridized carbons (Fsp3) is 0.182. The lowest BCUT2D eigenvalue weighted by Crippen LogP contribution is -2.14. The van der Waals surface area contributed by atoms with Gasteiger partial charge in [-0.2, -0.15) is 0 Å². The zero-order chi connectivity index (χ0) is 12.8. The highest BCUT2D eigenvalue weighted by molar-refractivity contribution is 5.76. The second-order valence-corrected chi connectivity index (χ2v) is 3.11. The summed E-state index contributed by atoms with van der Waals surface area (Å²) in [7, 11) is 0. The predicted molar refractivity (Wildman–Crippen MR) is 55.3 cm³/mol. The van der Waals surface area contributed by atoms with Gasteiger partial charge >= 0.3 is 11.9 Å². The van der Waals surface area contributed by atoms with Gasteiger partial charge in [-0.3, -0.25) is 9.59 Å². The molecular formula is C11H10O6. The number of carboxylic acid groups (broad SMARTS) is 1. The predicted octanol–water partition coefficient (Wildman–Crippen LogP) is 0.911. The average Bonchev–Trinajstić information content (AvgIpc) is 2.26. The van der Waals surface area contributed by atoms with Crippen LogP contribution in [0.1, 0.15) is 18.6 Å². The summed E-state index contributed by atoms with van der Waals surface area (Å²) >= 11 is 0. The maximum Gasteiger partial charge on any atom is 0.349 e. The Bertz CT molecular complexity index is 422. The number of benzene rings is 1. The van der Waals surface area contributed by atoms with Gasteiger partial charge in [0.15, 0.2) is 0 Å². The van der Waals surface area contributed by atoms with Crippen LogP contribution in [0.25, 0.3) is 0 Å². The van der Waals surface area contributed by atoms with Gasteiger partial charge in [-0.25, -0.2) is 4.79 Å². The minimum Gasteiger partial charge on any atom is -0.478 e. The molecule has 1 rings (SSSR count). The third kappa shape index (κ3) is 3.60. The van der Waals surface area contributed by atoms with Crippen LogP contribution in [-0.4, -0.2) is 23.5 Å². The molecule has 0 aliphatic carbocycles. The molecule has 1 atom stereocenters. The molecule has 0 heterocycles. The molecule has 0 unspecified atom stereocenters. The molecule has 1 aromatic rings. The fourth-order valence-corrected chi connectivity index (χ4v) is 1.21. The summed E-state index contributed by atoms with van der Waals surface area (Å²) in [6.07, 6.45) is -1.36. The van der Waals surface area contributed by atoms with Gasteiger partial charge < -0.3 is 14.6 Å². The number of aliphatic carboxylic acids is 1. The third-order valence-electron chi connectivity index (χ3n) is 1.86. The van der Waals surface area contributed by atoms with Gasteiger partial charge in [0.1, 0.15) is 5.75 Å². The largest absolute Gasteiger partial charge is 0.478 e. The molecule has 0 spiro atoms. The van der Waals surface area contributed by atoms with E-state index in [1.807, 2.05) is 0 Å². The van der Waals surface area contributed by atoms with Crippen LogP contribution in [0.3, 0.4) is 0 Å². The maximum atomic E-state index is 10.8. The Morgan fingerprint density at radius 3 is 2.29 bits per heavy atom. The molecule has 0 amide bonds. The smallest absolute Gasteiger partial charge is 0.349 e. The van der Waals surface area contributed by atoms with Gasteiger partial charge in [-0.05, 0) is 12.1 Å². The summed E-state index contributed by atoms with van der Waals surface area (Å²) in [4.78, 5) is 31.6. The third-order valence-corrected chi connectivity index (χ3v) is 1.86. The summed E-state index contributed by atoms with van der Waals surface area (Å²) in [6.45, 7) is 1.32. The fourth-order valence-electron chi connectivity index (χ4n) is 1.21. The Hall–Kier alpha value is -2.37. The summed E-state index contributed by atoms with van der Waals surface area (Å²) in [5.74, 6) is -1.47. The molecule has 0 saturated carbocycles. The number of ether oxygens (including phenoxy) is 2. The Kier molecular flexibility index (Phi) is 4.21. The SMILES string of the molecule is CC(=O)Oc1ccc([C@@H](OC=O)C(=O)O)cc1. The standard InChI is InChI=1S/C11H10O6/c1-7(13)17-9-4-2-8(3-5-9)10(11(14)15)16-6-12/h2-6,10H,1H3,(H,14,15)/t10-/m1/s1. The molecule has 0 fully saturated rings. The van der Waals surface area contributed by atoms with E-state index in [1.54, 1.807) is 0 Å². The van der Waals surface area contributed by atoms with Crippen LogP contribution in [0.2, 0.25) is 0 Å². The molecule has 0 aromatic heterocycles. The van der Waals surface area contributed by atoms with Crippen molar-refractivity contribution >= 4 is 18.4 Å². The van der Waals surface area contributed by atoms with Gasteiger partial charge in [0.25, 0.3) is 6.47 Å². The highest BCUT2D eigenvalue weighted by atomic mass is 16.5. The summed E-state index contributed by atoms with van der Waals surface area (Å²) < 4.78 is 9.20. The zero-order valence-corrected chi connectivity index (χ0v) is 8.95. The highest BCUT2D eigenvalue weighted by Gasteiger charge is 2.20. The summed E-state index contributed by atoms with van der Waals surface area (Å²) in [5, 5.41) is 8.80. The van der Waals surface area contributed by atoms with Crippen LogP contribution in [0.4, 0.5) is 0 Å². The van der Waals surface area contributed by atoms with Gasteiger partial charge in [0.05, 0.1) is 0 Å². The van der Waals surface area contributed by atoms with Crippen molar-refractivity contribution in [2.24, 2.45) is 0 Å². The van der Waals surface area contributed by atoms with Crippen molar-refractivity contribution in [3.8, 4) is 5.75 Å². The molecular weight excluding hydrogens is 228 g/mol. The van der Waals surface area contributed by atoms with Crippen molar-refractivity contribution < 1.29 is 29.0 Å². The first-order valence-electron chi connectivity index (χ1n) is 4.65. The molecule has 17 heavy (non-hydrogen) atoms. The minimum absolute atomic E-state index is 0.0682. The molecule has 0 radical (unpaired) electrons. The normalized spacial score (nSPS) is 11.4. The monoisotopic (exact) mass is 238 g/mol. The molecule has 90 valence electrons. The molecule has 0 bridgehead atoms. The molecule has 0 aliphatic heterocycles. The number of esters is 1. The Morgan fingerprint density at radius 2 is 1.88 bits per heavy atom. The first-order chi connectivity index (χ1) is 8.04. The number of carboxylic acids is 1. The summed E-state index contributed by atoms with van der Waals surface area (Å²) in [6, 6.07) is 5.64. The van der Waals surface area contributed by atoms with E-state index < -0.39 is 18.0 Å². The first kappa shape index (κ1) is 12.7. The number of hydrogen-bond acceptors (Lipinski definition) is 5. The minimum atomic E-state index is -1.36. The van der Waals surface area contributed by atoms with Gasteiger partial charge in [-0.1, -0.05) is 12.1 Å². The van der Waals surface area contributed by atoms with E-state index in [0.29, 0.717) is 0 Å². The molecule has 1 N–H and O–H groups in total. The van der Waals surface area contributed by atoms with Crippen molar-refractivity contribution in [3.63, 3.8) is 0 Å². The van der Waals surface area contributed by atoms with E-state index in [4.69, 9.17) is 9.84 Å². The lowest BCUT2D eigenvalue weighted by Gasteiger charge is -2.10. The van der Waals surface area contributed by atoms with Gasteiger partial charge in [0.2, 0.25) is 6.10 Å². The van der Waals surface area contributed by atoms with Crippen LogP contribution >= 0.6 is 0 Å². The van der Waals surface area contributed by atoms with Gasteiger partial charge in [0, 0.05) is 12.5 Å². The second kappa shape index (κ2) is 5.64. The van der Waals surface area contributed by atoms with Crippen molar-refractivity contribution in [1.82, 2.24) is 0 Å². The second-order valence-electron chi connectivity index (χ2n) is 3.11. The lowest BCUT2D eigenvalue weighted by atomic mass is 10.1. The molecule has 0 saturated heterocycles. The van der Waals surface area contributed by atoms with Crippen LogP contribution in [-0.2, 0) is 19.1 Å². The number of carbonyl (C=O) groups excluding carboxylic acids is 2. The van der Waals surface area contributed by atoms with E-state index in [1.165, 1.54) is 31.2 Å². The Morgan fingerprint density at radius 1 is 1.29 bits per heavy atom. The summed E-state index contributed by atoms with van der Waals surface area (Å²) in [5.41, 5.74) is 0.278. The van der Waals surface area contributed by atoms with Crippen LogP contribution in [0.15, 0.2) is 24.3 Å². The molecule has 6 heteroatoms. The Balaban J connectivity index is 2.87. The van der Waals surface area contributed by atoms with Crippen molar-refractivity contribution in [3.05, 3.63) is 29.8 Å². The quantitative estimate of drug-likeness (QED) is 0.466. The van der Waals surface area contributed by atoms with Crippen LogP contribution < -0.4 is 4.74 Å². The number of carbonyl (C=O) groups is 3. The van der Waals surface area contributed by atoms with E-state index in [0.717, 1.165) is 0 Å². The topological polar surface area (TPSA) is 89.9 Å². The van der Waals surface area contributed by atoms with Crippen molar-refractivity contribution in [2.75, 3.05) is 0 Å². The van der Waals surface area contributed by atoms with E-state index in [2.05, 4.69) is 4.74 Å². The van der Waals surface area contributed by atoms with Crippen LogP contribution in [0.5, 0.6) is 5.75 Å². The van der Waals surface area contributed by atoms with Gasteiger partial charge in [-0.15, -0.1) is 0 Å². The van der Waals surface area contributed by atoms with E-state index >= 15 is 0 Å². The maximum absolute atomic E-state index is 10.8. The number of hydrogen-bond donors (Lipinski definition) is 1. The zero-order valence-electron chi connectivity index (χ0n) is 8.95. The van der Waals surface area contributed by atoms with Crippen LogP contribution in [0, 0.1) is 0 Å². The van der Waals surface area contributed by atoms with Crippen molar-refractivity contribution in [2.45, 2.75) is 13.0 Å². The first-order valence-corrected chi connectivity index (χ1v) is 4.65. The van der Waals surface area contributed by atoms with E-state index in [9.17, 15) is 14.4 Å². The number of rotatable bonds is 5. The lowest BCUT2D eigenvalue weighted by molar-refractivity contribution is -0.156. The molecule has 6 nitrogen and oxygen atoms in total. The average molecular weight is 238 g/mol.